The maximum atomic E-state index is 5.59. The van der Waals surface area contributed by atoms with Crippen LogP contribution in [0.4, 0.5) is 5.82 Å². The smallest absolute Gasteiger partial charge is 0.170 e. The Morgan fingerprint density at radius 3 is 2.50 bits per heavy atom. The molecule has 0 spiro atoms. The quantitative estimate of drug-likeness (QED) is 0.694. The van der Waals surface area contributed by atoms with Crippen molar-refractivity contribution in [1.82, 2.24) is 5.16 Å². The predicted molar refractivity (Wildman–Crippen MR) is 46.8 cm³/mol. The van der Waals surface area contributed by atoms with Crippen molar-refractivity contribution < 1.29 is 4.52 Å². The summed E-state index contributed by atoms with van der Waals surface area (Å²) in [5.41, 5.74) is 6.99. The maximum Gasteiger partial charge on any atom is 0.170 e. The van der Waals surface area contributed by atoms with Gasteiger partial charge >= 0.3 is 0 Å². The van der Waals surface area contributed by atoms with E-state index in [2.05, 4.69) is 19.0 Å². The number of nitrogens with zero attached hydrogens (tertiary/aromatic N) is 1. The first-order valence-electron chi connectivity index (χ1n) is 4.24. The SMILES string of the molecule is Cc1c(N)noc1C1CC1(C)C. The van der Waals surface area contributed by atoms with Crippen molar-refractivity contribution in [3.05, 3.63) is 11.3 Å². The molecule has 0 aliphatic heterocycles. The summed E-state index contributed by atoms with van der Waals surface area (Å²) in [6, 6.07) is 0. The summed E-state index contributed by atoms with van der Waals surface area (Å²) in [5.74, 6) is 2.05. The Morgan fingerprint density at radius 1 is 1.58 bits per heavy atom. The molecule has 1 aliphatic rings. The molecule has 0 bridgehead atoms. The minimum atomic E-state index is 0.386. The predicted octanol–water partition coefficient (Wildman–Crippen LogP) is 2.08. The standard InChI is InChI=1S/C9H14N2O/c1-5-7(12-11-8(5)10)6-4-9(6,2)3/h6H,4H2,1-3H3,(H2,10,11). The lowest BCUT2D eigenvalue weighted by atomic mass is 10.1. The second-order valence-corrected chi connectivity index (χ2v) is 4.30. The number of nitrogens with two attached hydrogens (primary N) is 1. The molecule has 1 atom stereocenters. The van der Waals surface area contributed by atoms with Gasteiger partial charge in [0.15, 0.2) is 5.82 Å². The van der Waals surface area contributed by atoms with Gasteiger partial charge in [0.05, 0.1) is 0 Å². The van der Waals surface area contributed by atoms with Gasteiger partial charge in [-0.15, -0.1) is 0 Å². The summed E-state index contributed by atoms with van der Waals surface area (Å²) < 4.78 is 5.18. The van der Waals surface area contributed by atoms with Crippen LogP contribution >= 0.6 is 0 Å². The highest BCUT2D eigenvalue weighted by molar-refractivity contribution is 5.42. The highest BCUT2D eigenvalue weighted by Crippen LogP contribution is 2.59. The molecule has 0 saturated heterocycles. The summed E-state index contributed by atoms with van der Waals surface area (Å²) in [6.07, 6.45) is 1.18. The molecule has 12 heavy (non-hydrogen) atoms. The molecule has 1 aromatic rings. The lowest BCUT2D eigenvalue weighted by molar-refractivity contribution is 0.374. The molecule has 66 valence electrons. The Labute approximate surface area is 71.9 Å². The van der Waals surface area contributed by atoms with E-state index >= 15 is 0 Å². The van der Waals surface area contributed by atoms with Gasteiger partial charge in [0.1, 0.15) is 5.76 Å². The Bertz CT molecular complexity index is 314. The van der Waals surface area contributed by atoms with Crippen LogP contribution in [0.15, 0.2) is 4.52 Å². The van der Waals surface area contributed by atoms with E-state index in [0.717, 1.165) is 11.3 Å². The van der Waals surface area contributed by atoms with Gasteiger partial charge in [0.2, 0.25) is 0 Å². The van der Waals surface area contributed by atoms with E-state index in [4.69, 9.17) is 10.3 Å². The van der Waals surface area contributed by atoms with Crippen molar-refractivity contribution in [2.45, 2.75) is 33.1 Å². The van der Waals surface area contributed by atoms with Crippen molar-refractivity contribution in [3.63, 3.8) is 0 Å². The zero-order valence-electron chi connectivity index (χ0n) is 7.72. The van der Waals surface area contributed by atoms with Crippen LogP contribution in [0, 0.1) is 12.3 Å². The van der Waals surface area contributed by atoms with Crippen LogP contribution in [0.5, 0.6) is 0 Å². The van der Waals surface area contributed by atoms with E-state index in [1.165, 1.54) is 6.42 Å². The molecular formula is C9H14N2O. The van der Waals surface area contributed by atoms with Gasteiger partial charge in [-0.3, -0.25) is 0 Å². The van der Waals surface area contributed by atoms with Crippen molar-refractivity contribution in [3.8, 4) is 0 Å². The summed E-state index contributed by atoms with van der Waals surface area (Å²) in [4.78, 5) is 0. The summed E-state index contributed by atoms with van der Waals surface area (Å²) in [7, 11) is 0. The third kappa shape index (κ3) is 0.924. The molecule has 1 aliphatic carbocycles. The van der Waals surface area contributed by atoms with Crippen LogP contribution in [0.3, 0.4) is 0 Å². The van der Waals surface area contributed by atoms with Crippen molar-refractivity contribution in [2.24, 2.45) is 5.41 Å². The second-order valence-electron chi connectivity index (χ2n) is 4.30. The number of hydrogen-bond donors (Lipinski definition) is 1. The fourth-order valence-electron chi connectivity index (χ4n) is 1.60. The van der Waals surface area contributed by atoms with Crippen LogP contribution in [0.2, 0.25) is 0 Å². The van der Waals surface area contributed by atoms with Gasteiger partial charge in [0.25, 0.3) is 0 Å². The van der Waals surface area contributed by atoms with E-state index in [-0.39, 0.29) is 0 Å². The Hall–Kier alpha value is -0.990. The van der Waals surface area contributed by atoms with Crippen LogP contribution in [0.1, 0.15) is 37.5 Å². The topological polar surface area (TPSA) is 52.0 Å². The molecule has 0 radical (unpaired) electrons. The van der Waals surface area contributed by atoms with Gasteiger partial charge in [0, 0.05) is 11.5 Å². The molecule has 1 heterocycles. The molecule has 0 amide bonds. The summed E-state index contributed by atoms with van der Waals surface area (Å²) in [5, 5.41) is 3.75. The van der Waals surface area contributed by atoms with Gasteiger partial charge in [-0.05, 0) is 18.8 Å². The highest BCUT2D eigenvalue weighted by atomic mass is 16.5. The molecule has 3 nitrogen and oxygen atoms in total. The lowest BCUT2D eigenvalue weighted by Crippen LogP contribution is -1.91. The number of aromatic nitrogens is 1. The fourth-order valence-corrected chi connectivity index (χ4v) is 1.60. The van der Waals surface area contributed by atoms with E-state index < -0.39 is 0 Å². The molecule has 3 heteroatoms. The maximum absolute atomic E-state index is 5.59. The second kappa shape index (κ2) is 2.03. The van der Waals surface area contributed by atoms with Crippen molar-refractivity contribution >= 4 is 5.82 Å². The van der Waals surface area contributed by atoms with Gasteiger partial charge in [-0.1, -0.05) is 19.0 Å². The summed E-state index contributed by atoms with van der Waals surface area (Å²) >= 11 is 0. The Balaban J connectivity index is 2.31. The molecule has 1 unspecified atom stereocenters. The largest absolute Gasteiger partial charge is 0.381 e. The Kier molecular flexibility index (Phi) is 1.29. The first-order valence-corrected chi connectivity index (χ1v) is 4.24. The lowest BCUT2D eigenvalue weighted by Gasteiger charge is -1.98. The number of anilines is 1. The fraction of sp³-hybridized carbons (Fsp3) is 0.667. The van der Waals surface area contributed by atoms with Crippen molar-refractivity contribution in [1.29, 1.82) is 0 Å². The normalized spacial score (nSPS) is 25.8. The summed E-state index contributed by atoms with van der Waals surface area (Å²) in [6.45, 7) is 6.43. The number of hydrogen-bond acceptors (Lipinski definition) is 3. The van der Waals surface area contributed by atoms with E-state index in [9.17, 15) is 0 Å². The highest BCUT2D eigenvalue weighted by Gasteiger charge is 2.49. The molecule has 0 aromatic carbocycles. The van der Waals surface area contributed by atoms with E-state index in [1.54, 1.807) is 0 Å². The first kappa shape index (κ1) is 7.65. The average molecular weight is 166 g/mol. The molecule has 2 rings (SSSR count). The molecule has 1 fully saturated rings. The minimum absolute atomic E-state index is 0.386. The molecule has 2 N–H and O–H groups in total. The minimum Gasteiger partial charge on any atom is -0.381 e. The zero-order chi connectivity index (χ0) is 8.93. The monoisotopic (exact) mass is 166 g/mol. The van der Waals surface area contributed by atoms with Crippen LogP contribution in [0.25, 0.3) is 0 Å². The average Bonchev–Trinajstić information content (AvgIpc) is 2.47. The van der Waals surface area contributed by atoms with E-state index in [0.29, 0.717) is 17.2 Å². The van der Waals surface area contributed by atoms with Crippen LogP contribution in [-0.2, 0) is 0 Å². The number of rotatable bonds is 1. The third-order valence-electron chi connectivity index (χ3n) is 2.83. The van der Waals surface area contributed by atoms with Crippen LogP contribution < -0.4 is 5.73 Å². The number of nitrogen functional groups attached to an aromatic ring is 1. The van der Waals surface area contributed by atoms with Gasteiger partial charge < -0.3 is 10.3 Å². The molecule has 1 aromatic heterocycles. The molecular weight excluding hydrogens is 152 g/mol. The van der Waals surface area contributed by atoms with Crippen molar-refractivity contribution in [2.75, 3.05) is 5.73 Å². The van der Waals surface area contributed by atoms with Gasteiger partial charge in [-0.2, -0.15) is 0 Å². The Morgan fingerprint density at radius 2 is 2.17 bits per heavy atom. The third-order valence-corrected chi connectivity index (χ3v) is 2.83. The zero-order valence-corrected chi connectivity index (χ0v) is 7.72. The van der Waals surface area contributed by atoms with Crippen LogP contribution in [-0.4, -0.2) is 5.16 Å². The van der Waals surface area contributed by atoms with E-state index in [1.807, 2.05) is 6.92 Å². The first-order chi connectivity index (χ1) is 5.52. The van der Waals surface area contributed by atoms with Gasteiger partial charge in [-0.25, -0.2) is 0 Å². The molecule has 1 saturated carbocycles.